The number of Topliss-reactive ketones (excluding diaryl/α,β-unsaturated/α-hetero) is 1. The number of urea groups is 1. The molecule has 28 heteroatoms. The molecule has 95 heavy (non-hydrogen) atoms. The van der Waals surface area contributed by atoms with E-state index in [0.717, 1.165) is 11.8 Å². The number of carbonyl (C=O) groups excluding carboxylic acids is 9. The zero-order valence-corrected chi connectivity index (χ0v) is 59.0. The maximum absolute atomic E-state index is 14.8. The second-order valence-electron chi connectivity index (χ2n) is 25.4. The van der Waals surface area contributed by atoms with Crippen LogP contribution in [0.25, 0.3) is 0 Å². The number of benzene rings is 2. The lowest BCUT2D eigenvalue weighted by Gasteiger charge is -2.41. The van der Waals surface area contributed by atoms with E-state index in [0.29, 0.717) is 47.8 Å². The Morgan fingerprint density at radius 2 is 1.46 bits per heavy atom. The molecule has 0 bridgehead atoms. The number of ether oxygens (including phenoxy) is 3. The van der Waals surface area contributed by atoms with Crippen LogP contribution < -0.4 is 32.3 Å². The molecular formula is C67H101N11O15S2. The Balaban J connectivity index is 1.38. The van der Waals surface area contributed by atoms with Gasteiger partial charge >= 0.3 is 12.1 Å². The van der Waals surface area contributed by atoms with Crippen molar-refractivity contribution in [1.82, 2.24) is 41.0 Å². The van der Waals surface area contributed by atoms with Crippen LogP contribution in [-0.4, -0.2) is 179 Å². The van der Waals surface area contributed by atoms with Gasteiger partial charge in [-0.25, -0.2) is 14.6 Å². The standard InChI is InChI=1S/C67H101N11O15S2/c1-15-42(8)59(52(91-13)36-55(81)77-33-20-24-50(77)61(92-14)44(10)51(79)35-43(9)60(82)46-21-17-16-18-22-46)75(11)65(86)57(40(4)5)74-64(85)58(41(6)7)76(12)67(88)93-38-45-25-27-47(28-26-45)71-62(83)49(23-19-32-69-66(68)87)72-63(84)56(39(2)3)73-53(80)31-34-94-95-54-30-29-48(37-70-54)78(89)90/h16-18,21-22,25-30,37,39-44,49-50,52,56-61,82H,15,19-20,23-24,31-36,38H2,1-14H3,(H,71,83)(H,72,84)(H,73,80)(H,74,85)(H3,68,69,87)/t42-,43-,44-,49-,50-,52+,56-,57-,58-,59-,60+,61+/m0/s1. The number of ketones is 1. The molecule has 0 aliphatic carbocycles. The fourth-order valence-corrected chi connectivity index (χ4v) is 13.6. The summed E-state index contributed by atoms with van der Waals surface area (Å²) >= 11 is 0. The molecule has 26 nitrogen and oxygen atoms in total. The molecule has 0 unspecified atom stereocenters. The van der Waals surface area contributed by atoms with Gasteiger partial charge in [-0.1, -0.05) is 129 Å². The number of primary amides is 1. The predicted octanol–water partition coefficient (Wildman–Crippen LogP) is 7.82. The number of amides is 9. The summed E-state index contributed by atoms with van der Waals surface area (Å²) < 4.78 is 17.8. The topological polar surface area (TPSA) is 353 Å². The molecular weight excluding hydrogens is 1260 g/mol. The number of nitrogens with one attached hydrogen (secondary N) is 5. The van der Waals surface area contributed by atoms with E-state index in [1.165, 1.54) is 52.8 Å². The minimum Gasteiger partial charge on any atom is -0.445 e. The van der Waals surface area contributed by atoms with Crippen LogP contribution in [-0.2, 0) is 54.4 Å². The van der Waals surface area contributed by atoms with Crippen LogP contribution in [0.3, 0.4) is 0 Å². The number of rotatable bonds is 39. The third kappa shape index (κ3) is 24.3. The van der Waals surface area contributed by atoms with Gasteiger partial charge in [0.1, 0.15) is 47.8 Å². The van der Waals surface area contributed by atoms with Crippen LogP contribution in [0, 0.1) is 45.6 Å². The highest BCUT2D eigenvalue weighted by Crippen LogP contribution is 2.34. The summed E-state index contributed by atoms with van der Waals surface area (Å²) in [6.45, 7) is 18.5. The maximum atomic E-state index is 14.8. The summed E-state index contributed by atoms with van der Waals surface area (Å²) in [5.41, 5.74) is 6.69. The number of likely N-dealkylation sites (tertiary alicyclic amines) is 1. The smallest absolute Gasteiger partial charge is 0.410 e. The molecule has 2 aromatic carbocycles. The number of hydrogen-bond donors (Lipinski definition) is 7. The second kappa shape index (κ2) is 39.6. The molecule has 12 atom stereocenters. The van der Waals surface area contributed by atoms with Crippen LogP contribution in [0.5, 0.6) is 0 Å². The predicted molar refractivity (Wildman–Crippen MR) is 364 cm³/mol. The molecule has 2 heterocycles. The highest BCUT2D eigenvalue weighted by molar-refractivity contribution is 8.76. The number of anilines is 1. The largest absolute Gasteiger partial charge is 0.445 e. The highest BCUT2D eigenvalue weighted by Gasteiger charge is 2.44. The molecule has 1 saturated heterocycles. The quantitative estimate of drug-likeness (QED) is 0.0124. The first-order chi connectivity index (χ1) is 44.9. The number of methoxy groups -OCH3 is 2. The van der Waals surface area contributed by atoms with Crippen LogP contribution in [0.2, 0.25) is 0 Å². The Morgan fingerprint density at radius 1 is 0.800 bits per heavy atom. The minimum atomic E-state index is -1.12. The fourth-order valence-electron chi connectivity index (χ4n) is 11.7. The molecule has 526 valence electrons. The van der Waals surface area contributed by atoms with Gasteiger partial charge in [-0.15, -0.1) is 0 Å². The average Bonchev–Trinajstić information content (AvgIpc) is 1.80. The lowest BCUT2D eigenvalue weighted by molar-refractivity contribution is -0.385. The molecule has 1 aromatic heterocycles. The van der Waals surface area contributed by atoms with Crippen molar-refractivity contribution in [1.29, 1.82) is 0 Å². The number of nitrogens with two attached hydrogens (primary N) is 1. The Morgan fingerprint density at radius 3 is 2.03 bits per heavy atom. The third-order valence-electron chi connectivity index (χ3n) is 17.3. The summed E-state index contributed by atoms with van der Waals surface area (Å²) in [6.07, 6.45) is 0.459. The highest BCUT2D eigenvalue weighted by atomic mass is 33.1. The van der Waals surface area contributed by atoms with E-state index in [-0.39, 0.29) is 80.4 Å². The van der Waals surface area contributed by atoms with Crippen LogP contribution in [0.1, 0.15) is 138 Å². The summed E-state index contributed by atoms with van der Waals surface area (Å²) in [6, 6.07) is 12.4. The zero-order chi connectivity index (χ0) is 70.8. The van der Waals surface area contributed by atoms with Gasteiger partial charge < -0.3 is 61.4 Å². The first kappa shape index (κ1) is 80.0. The van der Waals surface area contributed by atoms with Gasteiger partial charge in [-0.2, -0.15) is 0 Å². The van der Waals surface area contributed by atoms with Gasteiger partial charge in [0, 0.05) is 77.7 Å². The Kier molecular flexibility index (Phi) is 33.4. The van der Waals surface area contributed by atoms with Crippen molar-refractivity contribution in [3.63, 3.8) is 0 Å². The molecule has 1 aliphatic heterocycles. The van der Waals surface area contributed by atoms with E-state index in [2.05, 4.69) is 31.6 Å². The van der Waals surface area contributed by atoms with Gasteiger partial charge in [-0.3, -0.25) is 48.6 Å². The van der Waals surface area contributed by atoms with Crippen molar-refractivity contribution in [2.75, 3.05) is 52.5 Å². The minimum absolute atomic E-state index is 0.0357. The van der Waals surface area contributed by atoms with Gasteiger partial charge in [0.2, 0.25) is 35.4 Å². The van der Waals surface area contributed by atoms with E-state index < -0.39 is 119 Å². The normalized spacial score (nSPS) is 16.6. The molecule has 3 aromatic rings. The molecule has 0 saturated carbocycles. The SMILES string of the molecule is CC[C@H](C)[C@@H]([C@@H](CC(=O)N1CCC[C@H]1[C@H](OC)[C@@H](C)C(=O)C[C@H](C)[C@@H](O)c1ccccc1)OC)N(C)C(=O)[C@@H](NC(=O)[C@H](C(C)C)N(C)C(=O)OCc1ccc(NC(=O)[C@H](CCCNC(N)=O)NC(=O)[C@@H](NC(=O)CCSSc2ccc([N+](=O)[O-])cn2)C(C)C)cc1)C(C)C. The zero-order valence-electron chi connectivity index (χ0n) is 57.4. The van der Waals surface area contributed by atoms with Crippen LogP contribution in [0.15, 0.2) is 78.0 Å². The lowest BCUT2D eigenvalue weighted by atomic mass is 9.85. The van der Waals surface area contributed by atoms with E-state index in [9.17, 15) is 58.4 Å². The van der Waals surface area contributed by atoms with Gasteiger partial charge in [0.25, 0.3) is 5.69 Å². The summed E-state index contributed by atoms with van der Waals surface area (Å²) in [5.74, 6) is -4.95. The van der Waals surface area contributed by atoms with Crippen molar-refractivity contribution in [3.8, 4) is 0 Å². The molecule has 0 spiro atoms. The molecule has 4 rings (SSSR count). The van der Waals surface area contributed by atoms with Crippen molar-refractivity contribution < 1.29 is 67.4 Å². The number of pyridine rings is 1. The number of aromatic nitrogens is 1. The van der Waals surface area contributed by atoms with E-state index in [1.807, 2.05) is 51.1 Å². The van der Waals surface area contributed by atoms with E-state index in [4.69, 9.17) is 19.9 Å². The van der Waals surface area contributed by atoms with E-state index >= 15 is 0 Å². The Hall–Kier alpha value is -7.40. The first-order valence-electron chi connectivity index (χ1n) is 32.5. The number of aliphatic hydroxyl groups excluding tert-OH is 1. The fraction of sp³-hybridized carbons (Fsp3) is 0.612. The Labute approximate surface area is 566 Å². The molecule has 1 aliphatic rings. The number of hydrogen-bond acceptors (Lipinski definition) is 18. The average molecular weight is 1360 g/mol. The van der Waals surface area contributed by atoms with Gasteiger partial charge in [0.15, 0.2) is 0 Å². The second-order valence-corrected chi connectivity index (χ2v) is 27.8. The summed E-state index contributed by atoms with van der Waals surface area (Å²) in [4.78, 5) is 142. The van der Waals surface area contributed by atoms with Crippen molar-refractivity contribution in [3.05, 3.63) is 94.2 Å². The third-order valence-corrected chi connectivity index (χ3v) is 19.6. The number of nitrogens with zero attached hydrogens (tertiary/aromatic N) is 5. The number of nitro groups is 1. The summed E-state index contributed by atoms with van der Waals surface area (Å²) in [5, 5.41) is 36.2. The van der Waals surface area contributed by atoms with Crippen LogP contribution in [0.4, 0.5) is 21.0 Å². The molecule has 0 radical (unpaired) electrons. The first-order valence-corrected chi connectivity index (χ1v) is 34.8. The molecule has 8 N–H and O–H groups in total. The monoisotopic (exact) mass is 1360 g/mol. The van der Waals surface area contributed by atoms with Crippen LogP contribution >= 0.6 is 21.6 Å². The van der Waals surface area contributed by atoms with Crippen molar-refractivity contribution >= 4 is 86.3 Å². The number of carbonyl (C=O) groups is 9. The lowest BCUT2D eigenvalue weighted by Crippen LogP contribution is -2.60. The number of aliphatic hydroxyl groups is 1. The maximum Gasteiger partial charge on any atom is 0.410 e. The molecule has 1 fully saturated rings. The van der Waals surface area contributed by atoms with Crippen molar-refractivity contribution in [2.45, 2.75) is 187 Å². The summed E-state index contributed by atoms with van der Waals surface area (Å²) in [7, 11) is 8.66. The van der Waals surface area contributed by atoms with Gasteiger partial charge in [-0.05, 0) is 95.4 Å². The number of likely N-dealkylation sites (N-methyl/N-ethyl adjacent to an activating group) is 2. The molecule has 9 amide bonds. The van der Waals surface area contributed by atoms with E-state index in [1.54, 1.807) is 96.7 Å². The van der Waals surface area contributed by atoms with Crippen molar-refractivity contribution in [2.24, 2.45) is 41.2 Å². The van der Waals surface area contributed by atoms with Gasteiger partial charge in [0.05, 0.1) is 41.7 Å². The Bertz CT molecular complexity index is 3000.